The number of nitrogens with two attached hydrogens (primary N) is 1. The number of nitrogens with zero attached hydrogens (tertiary/aromatic N) is 1. The van der Waals surface area contributed by atoms with E-state index in [1.165, 1.54) is 36.9 Å². The van der Waals surface area contributed by atoms with Crippen molar-refractivity contribution in [1.29, 1.82) is 0 Å². The van der Waals surface area contributed by atoms with Gasteiger partial charge in [0.25, 0.3) is 0 Å². The van der Waals surface area contributed by atoms with Gasteiger partial charge in [-0.05, 0) is 36.5 Å². The minimum absolute atomic E-state index is 0.172. The molecule has 0 aromatic carbocycles. The molecule has 1 aliphatic rings. The predicted molar refractivity (Wildman–Crippen MR) is 67.5 cm³/mol. The normalized spacial score (nSPS) is 19.2. The lowest BCUT2D eigenvalue weighted by molar-refractivity contribution is 0.439. The monoisotopic (exact) mass is 218 g/mol. The molecule has 88 valence electrons. The van der Waals surface area contributed by atoms with E-state index in [4.69, 9.17) is 5.73 Å². The molecular formula is C14H22N2. The summed E-state index contributed by atoms with van der Waals surface area (Å²) in [6, 6.07) is 4.39. The van der Waals surface area contributed by atoms with Crippen LogP contribution in [0, 0.1) is 0 Å². The van der Waals surface area contributed by atoms with Crippen molar-refractivity contribution in [3.8, 4) is 0 Å². The molecule has 2 N–H and O–H groups in total. The van der Waals surface area contributed by atoms with Gasteiger partial charge in [-0.25, -0.2) is 0 Å². The van der Waals surface area contributed by atoms with E-state index in [-0.39, 0.29) is 5.41 Å². The first-order valence-electron chi connectivity index (χ1n) is 6.34. The van der Waals surface area contributed by atoms with E-state index < -0.39 is 0 Å². The highest BCUT2D eigenvalue weighted by molar-refractivity contribution is 5.26. The van der Waals surface area contributed by atoms with Gasteiger partial charge < -0.3 is 5.73 Å². The van der Waals surface area contributed by atoms with Crippen LogP contribution < -0.4 is 5.73 Å². The Bertz CT molecular complexity index is 352. The van der Waals surface area contributed by atoms with Crippen molar-refractivity contribution in [3.05, 3.63) is 29.6 Å². The fourth-order valence-electron chi connectivity index (χ4n) is 2.71. The van der Waals surface area contributed by atoms with E-state index in [1.807, 2.05) is 6.20 Å². The quantitative estimate of drug-likeness (QED) is 0.847. The zero-order valence-electron chi connectivity index (χ0n) is 10.4. The zero-order chi connectivity index (χ0) is 11.6. The molecule has 1 aromatic rings. The fourth-order valence-corrected chi connectivity index (χ4v) is 2.71. The van der Waals surface area contributed by atoms with Gasteiger partial charge >= 0.3 is 0 Å². The smallest absolute Gasteiger partial charge is 0.0480 e. The van der Waals surface area contributed by atoms with Gasteiger partial charge in [0, 0.05) is 23.9 Å². The highest BCUT2D eigenvalue weighted by Crippen LogP contribution is 2.39. The van der Waals surface area contributed by atoms with E-state index in [9.17, 15) is 0 Å². The second-order valence-corrected chi connectivity index (χ2v) is 5.32. The van der Waals surface area contributed by atoms with Gasteiger partial charge in [-0.2, -0.15) is 0 Å². The maximum absolute atomic E-state index is 5.99. The Morgan fingerprint density at radius 1 is 1.38 bits per heavy atom. The molecule has 1 aliphatic carbocycles. The topological polar surface area (TPSA) is 38.9 Å². The van der Waals surface area contributed by atoms with E-state index >= 15 is 0 Å². The maximum Gasteiger partial charge on any atom is 0.0480 e. The maximum atomic E-state index is 5.99. The number of aromatic nitrogens is 1. The molecule has 0 amide bonds. The first-order chi connectivity index (χ1) is 7.68. The van der Waals surface area contributed by atoms with Crippen molar-refractivity contribution in [2.75, 3.05) is 6.54 Å². The first kappa shape index (κ1) is 11.6. The Balaban J connectivity index is 2.35. The summed E-state index contributed by atoms with van der Waals surface area (Å²) in [7, 11) is 0. The van der Waals surface area contributed by atoms with Crippen molar-refractivity contribution in [2.45, 2.75) is 50.9 Å². The van der Waals surface area contributed by atoms with Crippen LogP contribution in [-0.2, 0) is 5.41 Å². The average Bonchev–Trinajstić information content (AvgIpc) is 2.79. The van der Waals surface area contributed by atoms with Gasteiger partial charge in [0.15, 0.2) is 0 Å². The lowest BCUT2D eigenvalue weighted by atomic mass is 9.81. The molecule has 16 heavy (non-hydrogen) atoms. The molecule has 1 saturated carbocycles. The molecule has 0 saturated heterocycles. The second-order valence-electron chi connectivity index (χ2n) is 5.32. The van der Waals surface area contributed by atoms with Crippen molar-refractivity contribution >= 4 is 0 Å². The molecule has 0 unspecified atom stereocenters. The Morgan fingerprint density at radius 3 is 2.62 bits per heavy atom. The summed E-state index contributed by atoms with van der Waals surface area (Å²) in [5.74, 6) is 0.568. The Hall–Kier alpha value is -0.890. The van der Waals surface area contributed by atoms with Crippen molar-refractivity contribution in [2.24, 2.45) is 5.73 Å². The van der Waals surface area contributed by atoms with E-state index in [2.05, 4.69) is 31.0 Å². The average molecular weight is 218 g/mol. The Kier molecular flexibility index (Phi) is 3.29. The lowest BCUT2D eigenvalue weighted by Gasteiger charge is -2.27. The Labute approximate surface area is 98.3 Å². The number of hydrogen-bond acceptors (Lipinski definition) is 2. The molecule has 0 bridgehead atoms. The molecular weight excluding hydrogens is 196 g/mol. The van der Waals surface area contributed by atoms with Gasteiger partial charge in [0.1, 0.15) is 0 Å². The minimum atomic E-state index is 0.172. The standard InChI is InChI=1S/C14H22N2/c1-11(2)12-5-8-16-13(9-12)14(10-15)6-3-4-7-14/h5,8-9,11H,3-4,6-7,10,15H2,1-2H3. The number of hydrogen-bond donors (Lipinski definition) is 1. The number of pyridine rings is 1. The fraction of sp³-hybridized carbons (Fsp3) is 0.643. The van der Waals surface area contributed by atoms with Crippen molar-refractivity contribution in [1.82, 2.24) is 4.98 Å². The zero-order valence-corrected chi connectivity index (χ0v) is 10.4. The molecule has 0 aliphatic heterocycles. The molecule has 0 atom stereocenters. The lowest BCUT2D eigenvalue weighted by Crippen LogP contribution is -2.33. The first-order valence-corrected chi connectivity index (χ1v) is 6.34. The van der Waals surface area contributed by atoms with Gasteiger partial charge in [-0.3, -0.25) is 4.98 Å². The molecule has 1 heterocycles. The summed E-state index contributed by atoms with van der Waals surface area (Å²) in [5.41, 5.74) is 8.76. The van der Waals surface area contributed by atoms with Crippen molar-refractivity contribution < 1.29 is 0 Å². The van der Waals surface area contributed by atoms with Crippen LogP contribution in [-0.4, -0.2) is 11.5 Å². The molecule has 1 aromatic heterocycles. The van der Waals surface area contributed by atoms with E-state index in [0.29, 0.717) is 5.92 Å². The van der Waals surface area contributed by atoms with Crippen LogP contribution in [0.3, 0.4) is 0 Å². The third-order valence-corrected chi connectivity index (χ3v) is 3.95. The number of rotatable bonds is 3. The highest BCUT2D eigenvalue weighted by Gasteiger charge is 2.35. The van der Waals surface area contributed by atoms with Crippen LogP contribution in [0.1, 0.15) is 56.7 Å². The summed E-state index contributed by atoms with van der Waals surface area (Å²) < 4.78 is 0. The van der Waals surface area contributed by atoms with Gasteiger partial charge in [-0.15, -0.1) is 0 Å². The van der Waals surface area contributed by atoms with Crippen LogP contribution in [0.4, 0.5) is 0 Å². The summed E-state index contributed by atoms with van der Waals surface area (Å²) >= 11 is 0. The van der Waals surface area contributed by atoms with Gasteiger partial charge in [0.05, 0.1) is 0 Å². The third kappa shape index (κ3) is 1.99. The van der Waals surface area contributed by atoms with Crippen LogP contribution >= 0.6 is 0 Å². The van der Waals surface area contributed by atoms with Crippen LogP contribution in [0.25, 0.3) is 0 Å². The van der Waals surface area contributed by atoms with E-state index in [0.717, 1.165) is 6.54 Å². The van der Waals surface area contributed by atoms with Gasteiger partial charge in [0.2, 0.25) is 0 Å². The second kappa shape index (κ2) is 4.54. The van der Waals surface area contributed by atoms with Crippen LogP contribution in [0.5, 0.6) is 0 Å². The minimum Gasteiger partial charge on any atom is -0.330 e. The SMILES string of the molecule is CC(C)c1ccnc(C2(CN)CCCC2)c1. The summed E-state index contributed by atoms with van der Waals surface area (Å²) in [4.78, 5) is 4.57. The molecule has 0 spiro atoms. The molecule has 2 nitrogen and oxygen atoms in total. The molecule has 2 heteroatoms. The highest BCUT2D eigenvalue weighted by atomic mass is 14.7. The summed E-state index contributed by atoms with van der Waals surface area (Å²) in [6.07, 6.45) is 6.95. The Morgan fingerprint density at radius 2 is 2.06 bits per heavy atom. The third-order valence-electron chi connectivity index (χ3n) is 3.95. The predicted octanol–water partition coefficient (Wildman–Crippen LogP) is 2.98. The largest absolute Gasteiger partial charge is 0.330 e. The van der Waals surface area contributed by atoms with E-state index in [1.54, 1.807) is 0 Å². The summed E-state index contributed by atoms with van der Waals surface area (Å²) in [5, 5.41) is 0. The molecule has 1 fully saturated rings. The summed E-state index contributed by atoms with van der Waals surface area (Å²) in [6.45, 7) is 5.19. The molecule has 2 rings (SSSR count). The molecule has 0 radical (unpaired) electrons. The van der Waals surface area contributed by atoms with Crippen LogP contribution in [0.15, 0.2) is 18.3 Å². The van der Waals surface area contributed by atoms with Gasteiger partial charge in [-0.1, -0.05) is 26.7 Å². The van der Waals surface area contributed by atoms with Crippen LogP contribution in [0.2, 0.25) is 0 Å². The van der Waals surface area contributed by atoms with Crippen molar-refractivity contribution in [3.63, 3.8) is 0 Å².